The van der Waals surface area contributed by atoms with Crippen LogP contribution >= 0.6 is 0 Å². The summed E-state index contributed by atoms with van der Waals surface area (Å²) in [6, 6.07) is 14.7. The van der Waals surface area contributed by atoms with E-state index in [9.17, 15) is 18.0 Å². The molecular weight excluding hydrogens is 388 g/mol. The first-order chi connectivity index (χ1) is 13.9. The fourth-order valence-corrected chi connectivity index (χ4v) is 4.84. The molecule has 0 spiro atoms. The summed E-state index contributed by atoms with van der Waals surface area (Å²) < 4.78 is 29.0. The Bertz CT molecular complexity index is 1050. The quantitative estimate of drug-likeness (QED) is 0.712. The fraction of sp³-hybridized carbons (Fsp3) is 0.273. The van der Waals surface area contributed by atoms with E-state index in [0.29, 0.717) is 31.6 Å². The van der Waals surface area contributed by atoms with Gasteiger partial charge in [-0.05, 0) is 25.0 Å². The number of nitrogens with one attached hydrogen (secondary N) is 1. The highest BCUT2D eigenvalue weighted by atomic mass is 32.2. The summed E-state index contributed by atoms with van der Waals surface area (Å²) >= 11 is 0. The van der Waals surface area contributed by atoms with Gasteiger partial charge in [-0.15, -0.1) is 0 Å². The molecule has 7 heteroatoms. The standard InChI is InChI=1S/C22H24N2O4S/c1-3-14-24(15-4-2)19-20(25)17-12-8-9-13-18(17)21(26)22(19)29(27,28)23-16-10-6-5-7-11-16/h5-13,23H,3-4,14-15H2,1-2H3. The van der Waals surface area contributed by atoms with Crippen LogP contribution in [0.2, 0.25) is 0 Å². The predicted octanol–water partition coefficient (Wildman–Crippen LogP) is 3.84. The summed E-state index contributed by atoms with van der Waals surface area (Å²) in [5, 5.41) is 0. The number of carbonyl (C=O) groups excluding carboxylic acids is 2. The van der Waals surface area contributed by atoms with Crippen molar-refractivity contribution in [2.75, 3.05) is 17.8 Å². The minimum absolute atomic E-state index is 0.0409. The first-order valence-electron chi connectivity index (χ1n) is 9.66. The van der Waals surface area contributed by atoms with Gasteiger partial charge in [-0.2, -0.15) is 0 Å². The van der Waals surface area contributed by atoms with Crippen molar-refractivity contribution >= 4 is 27.3 Å². The summed E-state index contributed by atoms with van der Waals surface area (Å²) in [5.74, 6) is -1.09. The Labute approximate surface area is 171 Å². The van der Waals surface area contributed by atoms with Crippen LogP contribution in [0.3, 0.4) is 0 Å². The van der Waals surface area contributed by atoms with Gasteiger partial charge in [-0.25, -0.2) is 8.42 Å². The van der Waals surface area contributed by atoms with Crippen LogP contribution in [0.4, 0.5) is 5.69 Å². The average molecular weight is 413 g/mol. The second kappa shape index (κ2) is 8.61. The second-order valence-electron chi connectivity index (χ2n) is 6.84. The summed E-state index contributed by atoms with van der Waals surface area (Å²) in [5.41, 5.74) is 0.642. The van der Waals surface area contributed by atoms with Crippen molar-refractivity contribution in [3.8, 4) is 0 Å². The molecule has 2 aromatic rings. The number of hydrogen-bond acceptors (Lipinski definition) is 5. The number of sulfonamides is 1. The summed E-state index contributed by atoms with van der Waals surface area (Å²) in [7, 11) is -4.27. The maximum atomic E-state index is 13.3. The van der Waals surface area contributed by atoms with Gasteiger partial charge < -0.3 is 4.90 Å². The van der Waals surface area contributed by atoms with Gasteiger partial charge in [0, 0.05) is 29.9 Å². The summed E-state index contributed by atoms with van der Waals surface area (Å²) in [6.45, 7) is 4.86. The highest BCUT2D eigenvalue weighted by Crippen LogP contribution is 2.32. The molecule has 0 saturated heterocycles. The fourth-order valence-electron chi connectivity index (χ4n) is 3.46. The third kappa shape index (κ3) is 4.10. The maximum absolute atomic E-state index is 13.3. The topological polar surface area (TPSA) is 83.6 Å². The number of fused-ring (bicyclic) bond motifs is 1. The van der Waals surface area contributed by atoms with Crippen LogP contribution in [0.15, 0.2) is 65.2 Å². The predicted molar refractivity (Wildman–Crippen MR) is 113 cm³/mol. The highest BCUT2D eigenvalue weighted by molar-refractivity contribution is 7.97. The van der Waals surface area contributed by atoms with Gasteiger partial charge in [0.15, 0.2) is 4.91 Å². The van der Waals surface area contributed by atoms with E-state index in [1.54, 1.807) is 53.4 Å². The lowest BCUT2D eigenvalue weighted by Gasteiger charge is -2.31. The van der Waals surface area contributed by atoms with E-state index in [1.165, 1.54) is 6.07 Å². The zero-order valence-electron chi connectivity index (χ0n) is 16.5. The largest absolute Gasteiger partial charge is 0.367 e. The molecule has 0 saturated carbocycles. The Morgan fingerprint density at radius 2 is 1.31 bits per heavy atom. The van der Waals surface area contributed by atoms with Gasteiger partial charge >= 0.3 is 0 Å². The van der Waals surface area contributed by atoms with Crippen LogP contribution in [0.5, 0.6) is 0 Å². The molecule has 0 heterocycles. The average Bonchev–Trinajstić information content (AvgIpc) is 2.70. The molecule has 0 radical (unpaired) electrons. The van der Waals surface area contributed by atoms with E-state index in [1.807, 2.05) is 13.8 Å². The van der Waals surface area contributed by atoms with E-state index in [2.05, 4.69) is 4.72 Å². The molecule has 29 heavy (non-hydrogen) atoms. The normalized spacial score (nSPS) is 14.0. The number of allylic oxidation sites excluding steroid dienone is 2. The molecule has 0 aromatic heterocycles. The van der Waals surface area contributed by atoms with E-state index in [0.717, 1.165) is 0 Å². The lowest BCUT2D eigenvalue weighted by atomic mass is 9.91. The van der Waals surface area contributed by atoms with Crippen molar-refractivity contribution in [3.63, 3.8) is 0 Å². The first kappa shape index (κ1) is 20.8. The lowest BCUT2D eigenvalue weighted by molar-refractivity contribution is 0.0946. The van der Waals surface area contributed by atoms with Gasteiger partial charge in [-0.1, -0.05) is 56.3 Å². The van der Waals surface area contributed by atoms with Gasteiger partial charge in [-0.3, -0.25) is 14.3 Å². The Balaban J connectivity index is 2.21. The molecule has 0 atom stereocenters. The summed E-state index contributed by atoms with van der Waals surface area (Å²) in [4.78, 5) is 27.8. The van der Waals surface area contributed by atoms with Gasteiger partial charge in [0.1, 0.15) is 5.70 Å². The van der Waals surface area contributed by atoms with Gasteiger partial charge in [0.2, 0.25) is 11.6 Å². The molecule has 0 unspecified atom stereocenters. The number of ketones is 2. The second-order valence-corrected chi connectivity index (χ2v) is 8.46. The lowest BCUT2D eigenvalue weighted by Crippen LogP contribution is -2.38. The van der Waals surface area contributed by atoms with Gasteiger partial charge in [0.05, 0.1) is 0 Å². The smallest absolute Gasteiger partial charge is 0.268 e. The van der Waals surface area contributed by atoms with Crippen LogP contribution < -0.4 is 4.72 Å². The summed E-state index contributed by atoms with van der Waals surface area (Å²) in [6.07, 6.45) is 1.43. The minimum atomic E-state index is -4.27. The number of anilines is 1. The number of hydrogen-bond donors (Lipinski definition) is 1. The van der Waals surface area contributed by atoms with Crippen LogP contribution in [0.25, 0.3) is 0 Å². The Kier molecular flexibility index (Phi) is 6.17. The van der Waals surface area contributed by atoms with Crippen molar-refractivity contribution in [1.29, 1.82) is 0 Å². The Morgan fingerprint density at radius 1 is 0.793 bits per heavy atom. The number of Topliss-reactive ketones (excluding diaryl/α,β-unsaturated/α-hetero) is 2. The van der Waals surface area contributed by atoms with Crippen molar-refractivity contribution < 1.29 is 18.0 Å². The molecule has 1 aliphatic carbocycles. The zero-order valence-corrected chi connectivity index (χ0v) is 17.3. The molecular formula is C22H24N2O4S. The van der Waals surface area contributed by atoms with Crippen molar-refractivity contribution in [2.24, 2.45) is 0 Å². The van der Waals surface area contributed by atoms with Crippen LogP contribution in [0, 0.1) is 0 Å². The van der Waals surface area contributed by atoms with Crippen LogP contribution in [0.1, 0.15) is 47.4 Å². The number of carbonyl (C=O) groups is 2. The van der Waals surface area contributed by atoms with Crippen molar-refractivity contribution in [1.82, 2.24) is 4.90 Å². The highest BCUT2D eigenvalue weighted by Gasteiger charge is 2.41. The molecule has 0 aliphatic heterocycles. The maximum Gasteiger partial charge on any atom is 0.268 e. The van der Waals surface area contributed by atoms with Crippen LogP contribution in [-0.2, 0) is 10.0 Å². The van der Waals surface area contributed by atoms with Gasteiger partial charge in [0.25, 0.3) is 10.0 Å². The van der Waals surface area contributed by atoms with Crippen molar-refractivity contribution in [3.05, 3.63) is 76.3 Å². The molecule has 1 aliphatic rings. The molecule has 0 amide bonds. The third-order valence-corrected chi connectivity index (χ3v) is 6.07. The molecule has 0 bridgehead atoms. The number of para-hydroxylation sites is 1. The van der Waals surface area contributed by atoms with Crippen molar-refractivity contribution in [2.45, 2.75) is 26.7 Å². The molecule has 152 valence electrons. The minimum Gasteiger partial charge on any atom is -0.367 e. The van der Waals surface area contributed by atoms with E-state index in [-0.39, 0.29) is 16.8 Å². The van der Waals surface area contributed by atoms with E-state index in [4.69, 9.17) is 0 Å². The SMILES string of the molecule is CCCN(CCC)C1=C(S(=O)(=O)Nc2ccccc2)C(=O)c2ccccc2C1=O. The molecule has 3 rings (SSSR count). The number of nitrogens with zero attached hydrogens (tertiary/aromatic N) is 1. The number of benzene rings is 2. The third-order valence-electron chi connectivity index (χ3n) is 4.65. The monoisotopic (exact) mass is 412 g/mol. The van der Waals surface area contributed by atoms with E-state index >= 15 is 0 Å². The molecule has 0 fully saturated rings. The Hall–Kier alpha value is -2.93. The number of rotatable bonds is 8. The van der Waals surface area contributed by atoms with E-state index < -0.39 is 26.5 Å². The molecule has 6 nitrogen and oxygen atoms in total. The zero-order chi connectivity index (χ0) is 21.0. The first-order valence-corrected chi connectivity index (χ1v) is 11.1. The molecule has 1 N–H and O–H groups in total. The molecule has 2 aromatic carbocycles. The Morgan fingerprint density at radius 3 is 1.86 bits per heavy atom. The van der Waals surface area contributed by atoms with Crippen LogP contribution in [-0.4, -0.2) is 38.0 Å².